The zero-order valence-electron chi connectivity index (χ0n) is 13.0. The number of nitro groups is 1. The van der Waals surface area contributed by atoms with Crippen molar-refractivity contribution in [3.8, 4) is 11.3 Å². The second-order valence-corrected chi connectivity index (χ2v) is 5.22. The zero-order valence-corrected chi connectivity index (χ0v) is 13.0. The van der Waals surface area contributed by atoms with E-state index in [1.165, 1.54) is 25.0 Å². The van der Waals surface area contributed by atoms with Gasteiger partial charge in [-0.05, 0) is 13.0 Å². The number of aryl methyl sites for hydroxylation is 1. The van der Waals surface area contributed by atoms with Gasteiger partial charge in [0.25, 0.3) is 0 Å². The molecule has 2 aromatic rings. The maximum atomic E-state index is 14.4. The summed E-state index contributed by atoms with van der Waals surface area (Å²) in [5, 5.41) is 24.0. The van der Waals surface area contributed by atoms with E-state index in [9.17, 15) is 23.7 Å². The van der Waals surface area contributed by atoms with Gasteiger partial charge in [0.2, 0.25) is 5.82 Å². The zero-order chi connectivity index (χ0) is 18.2. The van der Waals surface area contributed by atoms with Gasteiger partial charge < -0.3 is 10.0 Å². The van der Waals surface area contributed by atoms with Crippen LogP contribution in [0, 0.1) is 21.7 Å². The highest BCUT2D eigenvalue weighted by Crippen LogP contribution is 2.34. The average molecular weight is 340 g/mol. The highest BCUT2D eigenvalue weighted by atomic mass is 19.1. The van der Waals surface area contributed by atoms with E-state index in [-0.39, 0.29) is 5.69 Å². The minimum atomic E-state index is -1.23. The first kappa shape index (κ1) is 17.3. The fourth-order valence-electron chi connectivity index (χ4n) is 2.28. The molecule has 0 saturated heterocycles. The minimum absolute atomic E-state index is 0.0572. The van der Waals surface area contributed by atoms with Crippen molar-refractivity contribution in [2.75, 3.05) is 7.05 Å². The number of amides is 1. The van der Waals surface area contributed by atoms with Gasteiger partial charge in [-0.1, -0.05) is 0 Å². The highest BCUT2D eigenvalue weighted by Gasteiger charge is 2.28. The summed E-state index contributed by atoms with van der Waals surface area (Å²) < 4.78 is 29.4. The number of benzene rings is 1. The summed E-state index contributed by atoms with van der Waals surface area (Å²) in [6.45, 7) is 1.54. The lowest BCUT2D eigenvalue weighted by atomic mass is 10.0. The molecule has 1 N–H and O–H groups in total. The molecule has 1 heterocycles. The SMILES string of the molecule is CC(c1cn(C)nc1-c1cc(F)cc([N+](=O)[O-])c1F)N(C)C(=O)O. The Morgan fingerprint density at radius 2 is 2.08 bits per heavy atom. The van der Waals surface area contributed by atoms with E-state index < -0.39 is 39.9 Å². The van der Waals surface area contributed by atoms with Gasteiger partial charge in [-0.15, -0.1) is 0 Å². The van der Waals surface area contributed by atoms with Gasteiger partial charge in [-0.25, -0.2) is 9.18 Å². The predicted molar refractivity (Wildman–Crippen MR) is 79.4 cm³/mol. The summed E-state index contributed by atoms with van der Waals surface area (Å²) in [5.74, 6) is -2.22. The molecule has 1 amide bonds. The molecule has 0 aliphatic carbocycles. The summed E-state index contributed by atoms with van der Waals surface area (Å²) in [7, 11) is 2.83. The number of nitro benzene ring substituents is 1. The molecule has 1 atom stereocenters. The average Bonchev–Trinajstić information content (AvgIpc) is 2.88. The van der Waals surface area contributed by atoms with Gasteiger partial charge in [0.05, 0.1) is 17.0 Å². The van der Waals surface area contributed by atoms with Crippen LogP contribution >= 0.6 is 0 Å². The lowest BCUT2D eigenvalue weighted by molar-refractivity contribution is -0.387. The third-order valence-electron chi connectivity index (χ3n) is 3.66. The standard InChI is InChI=1S/C14H14F2N4O4/c1-7(19(3)14(21)22)10-6-18(2)17-13(10)9-4-8(15)5-11(12(9)16)20(23)24/h4-7H,1-3H3,(H,21,22). The quantitative estimate of drug-likeness (QED) is 0.681. The Labute approximate surface area is 135 Å². The maximum Gasteiger partial charge on any atom is 0.407 e. The van der Waals surface area contributed by atoms with Crippen LogP contribution in [0.25, 0.3) is 11.3 Å². The topological polar surface area (TPSA) is 101 Å². The smallest absolute Gasteiger partial charge is 0.407 e. The molecule has 8 nitrogen and oxygen atoms in total. The third-order valence-corrected chi connectivity index (χ3v) is 3.66. The molecule has 128 valence electrons. The number of halogens is 2. The molecular formula is C14H14F2N4O4. The van der Waals surface area contributed by atoms with Crippen molar-refractivity contribution in [3.05, 3.63) is 45.6 Å². The predicted octanol–water partition coefficient (Wildman–Crippen LogP) is 2.94. The molecule has 0 radical (unpaired) electrons. The maximum absolute atomic E-state index is 14.4. The van der Waals surface area contributed by atoms with Crippen LogP contribution in [0.5, 0.6) is 0 Å². The third kappa shape index (κ3) is 3.03. The number of hydrogen-bond donors (Lipinski definition) is 1. The molecule has 0 saturated carbocycles. The Hall–Kier alpha value is -3.04. The molecule has 10 heteroatoms. The van der Waals surface area contributed by atoms with Gasteiger partial charge in [0.15, 0.2) is 0 Å². The van der Waals surface area contributed by atoms with Crippen molar-refractivity contribution in [1.29, 1.82) is 0 Å². The second-order valence-electron chi connectivity index (χ2n) is 5.22. The molecule has 0 aliphatic rings. The second kappa shape index (κ2) is 6.22. The first-order chi connectivity index (χ1) is 11.1. The summed E-state index contributed by atoms with van der Waals surface area (Å²) in [5.41, 5.74) is -1.18. The lowest BCUT2D eigenvalue weighted by Gasteiger charge is -2.21. The van der Waals surface area contributed by atoms with Gasteiger partial charge in [-0.3, -0.25) is 14.8 Å². The van der Waals surface area contributed by atoms with Crippen molar-refractivity contribution in [3.63, 3.8) is 0 Å². The molecule has 1 aromatic carbocycles. The number of hydrogen-bond acceptors (Lipinski definition) is 4. The largest absolute Gasteiger partial charge is 0.465 e. The number of rotatable bonds is 4. The number of aromatic nitrogens is 2. The van der Waals surface area contributed by atoms with Gasteiger partial charge >= 0.3 is 11.8 Å². The van der Waals surface area contributed by atoms with Crippen LogP contribution in [0.15, 0.2) is 18.3 Å². The van der Waals surface area contributed by atoms with Crippen molar-refractivity contribution in [2.45, 2.75) is 13.0 Å². The fraction of sp³-hybridized carbons (Fsp3) is 0.286. The lowest BCUT2D eigenvalue weighted by Crippen LogP contribution is -2.28. The van der Waals surface area contributed by atoms with E-state index in [0.717, 1.165) is 11.0 Å². The van der Waals surface area contributed by atoms with Crippen LogP contribution in [0.3, 0.4) is 0 Å². The molecule has 0 fully saturated rings. The Balaban J connectivity index is 2.67. The van der Waals surface area contributed by atoms with Gasteiger partial charge in [0, 0.05) is 31.4 Å². The van der Waals surface area contributed by atoms with E-state index >= 15 is 0 Å². The van der Waals surface area contributed by atoms with E-state index in [1.54, 1.807) is 6.92 Å². The van der Waals surface area contributed by atoms with Crippen LogP contribution in [-0.2, 0) is 7.05 Å². The summed E-state index contributed by atoms with van der Waals surface area (Å²) in [4.78, 5) is 21.9. The fourth-order valence-corrected chi connectivity index (χ4v) is 2.28. The van der Waals surface area contributed by atoms with Crippen LogP contribution < -0.4 is 0 Å². The molecule has 1 aromatic heterocycles. The van der Waals surface area contributed by atoms with Crippen LogP contribution in [0.4, 0.5) is 19.3 Å². The first-order valence-corrected chi connectivity index (χ1v) is 6.76. The molecule has 0 bridgehead atoms. The molecule has 0 aliphatic heterocycles. The Morgan fingerprint density at radius 3 is 2.62 bits per heavy atom. The molecule has 24 heavy (non-hydrogen) atoms. The molecule has 1 unspecified atom stereocenters. The van der Waals surface area contributed by atoms with E-state index in [4.69, 9.17) is 5.11 Å². The van der Waals surface area contributed by atoms with Crippen molar-refractivity contribution in [1.82, 2.24) is 14.7 Å². The molecular weight excluding hydrogens is 326 g/mol. The Kier molecular flexibility index (Phi) is 4.49. The minimum Gasteiger partial charge on any atom is -0.465 e. The van der Waals surface area contributed by atoms with Crippen LogP contribution in [-0.4, -0.2) is 37.9 Å². The van der Waals surface area contributed by atoms with E-state index in [1.807, 2.05) is 0 Å². The monoisotopic (exact) mass is 340 g/mol. The van der Waals surface area contributed by atoms with Crippen molar-refractivity contribution in [2.24, 2.45) is 7.05 Å². The summed E-state index contributed by atoms with van der Waals surface area (Å²) >= 11 is 0. The van der Waals surface area contributed by atoms with E-state index in [0.29, 0.717) is 11.6 Å². The highest BCUT2D eigenvalue weighted by molar-refractivity contribution is 5.70. The summed E-state index contributed by atoms with van der Waals surface area (Å²) in [6.07, 6.45) is 0.235. The van der Waals surface area contributed by atoms with Crippen molar-refractivity contribution < 1.29 is 23.6 Å². The Morgan fingerprint density at radius 1 is 1.46 bits per heavy atom. The van der Waals surface area contributed by atoms with Crippen LogP contribution in [0.1, 0.15) is 18.5 Å². The Bertz CT molecular complexity index is 821. The van der Waals surface area contributed by atoms with Gasteiger partial charge in [-0.2, -0.15) is 9.49 Å². The first-order valence-electron chi connectivity index (χ1n) is 6.76. The van der Waals surface area contributed by atoms with Crippen molar-refractivity contribution >= 4 is 11.8 Å². The van der Waals surface area contributed by atoms with E-state index in [2.05, 4.69) is 5.10 Å². The van der Waals surface area contributed by atoms with Gasteiger partial charge in [0.1, 0.15) is 11.5 Å². The number of carboxylic acid groups (broad SMARTS) is 1. The normalized spacial score (nSPS) is 12.0. The molecule has 2 rings (SSSR count). The molecule has 0 spiro atoms. The number of nitrogens with zero attached hydrogens (tertiary/aromatic N) is 4. The van der Waals surface area contributed by atoms with Crippen LogP contribution in [0.2, 0.25) is 0 Å². The summed E-state index contributed by atoms with van der Waals surface area (Å²) in [6, 6.07) is 0.545. The number of carbonyl (C=O) groups is 1.